The smallest absolute Gasteiger partial charge is 0.410 e. The number of halogens is 2. The molecule has 8 fully saturated rings. The molecule has 16 rings (SSSR count). The van der Waals surface area contributed by atoms with Crippen LogP contribution in [0.4, 0.5) is 9.18 Å². The first-order valence-electron chi connectivity index (χ1n) is 46.9. The van der Waals surface area contributed by atoms with Crippen molar-refractivity contribution < 1.29 is 67.0 Å². The summed E-state index contributed by atoms with van der Waals surface area (Å²) in [4.78, 5) is 86.4. The highest BCUT2D eigenvalue weighted by Gasteiger charge is 2.32. The van der Waals surface area contributed by atoms with Crippen molar-refractivity contribution in [1.82, 2.24) is 79.1 Å². The lowest BCUT2D eigenvalue weighted by Crippen LogP contribution is -2.44. The molecule has 32 heteroatoms. The fraction of sp³-hybridized carbons (Fsp3) is 0.695. The molecule has 0 aromatic carbocycles. The van der Waals surface area contributed by atoms with Gasteiger partial charge in [-0.2, -0.15) is 44.7 Å². The summed E-state index contributed by atoms with van der Waals surface area (Å²) < 4.78 is 53.6. The summed E-state index contributed by atoms with van der Waals surface area (Å²) >= 11 is 3.00. The number of esters is 2. The predicted molar refractivity (Wildman–Crippen MR) is 495 cm³/mol. The topological polar surface area (TPSA) is 352 Å². The maximum atomic E-state index is 13.2. The standard InChI is InChI=1S/C27H41N5O2.C20H28N4O2.C18H25N3O3.C12H14FN3O2.C10H20N2O2.C6H12O.C2H5BrO/c1-30-27-23(10-11-25(28-27)34-22-8-4-2-5-9-22)26(29-30)24(33)20-21-12-16-32(17-13-21)19-18-31-14-6-3-7-15-31;1-24-20-16(7-8-18(22-20)26-15-5-3-2-4-6-15)19(23-24)17(25)13-14-9-11-21-12-10-14;1-18(2,3)24-17(22)15-13-10-11-14(19-16(13)21(4)20-15)23-12-8-6-5-7-9-12;1-12(2,3)18-11(17)9-7-5-6-8(13)14-10(7)16(4)15-9;1-10(2,3)14-9(13)12-6-4-8(11)5-7-12;7-6-4-2-1-3-5-6;3-1-2-4/h10-11,21-22H,2-9,12-20H2,1H3;7-8,14-15,21H,2-6,9-13H2,1H3;10-12H,5-9H2,1-4H3;5-6H,1-4H3;8H,4-7,11H2,1-3H3;6-7H,1-5H2;4H,1-2H2. The Morgan fingerprint density at radius 3 is 1.13 bits per heavy atom. The van der Waals surface area contributed by atoms with E-state index < -0.39 is 34.7 Å². The summed E-state index contributed by atoms with van der Waals surface area (Å²) in [6, 6.07) is 14.3. The summed E-state index contributed by atoms with van der Waals surface area (Å²) in [7, 11) is 7.09. The monoisotopic (exact) mass is 1830 g/mol. The van der Waals surface area contributed by atoms with Crippen molar-refractivity contribution >= 4 is 89.7 Å². The number of hydrogen-bond acceptors (Lipinski definition) is 25. The van der Waals surface area contributed by atoms with Gasteiger partial charge in [0, 0.05) is 96.8 Å². The minimum absolute atomic E-state index is 0.0359. The number of amides is 1. The van der Waals surface area contributed by atoms with E-state index in [9.17, 15) is 28.4 Å². The Morgan fingerprint density at radius 2 is 0.764 bits per heavy atom. The van der Waals surface area contributed by atoms with E-state index in [0.29, 0.717) is 86.8 Å². The van der Waals surface area contributed by atoms with Crippen molar-refractivity contribution in [2.24, 2.45) is 45.8 Å². The highest BCUT2D eigenvalue weighted by Crippen LogP contribution is 2.33. The largest absolute Gasteiger partial charge is 0.474 e. The number of aryl methyl sites for hydroxylation is 4. The Hall–Kier alpha value is -8.40. The molecule has 4 saturated heterocycles. The minimum Gasteiger partial charge on any atom is -0.474 e. The molecule has 8 aromatic heterocycles. The van der Waals surface area contributed by atoms with Crippen molar-refractivity contribution in [2.75, 3.05) is 77.4 Å². The van der Waals surface area contributed by atoms with E-state index in [1.54, 1.807) is 53.8 Å². The van der Waals surface area contributed by atoms with Gasteiger partial charge in [-0.1, -0.05) is 60.9 Å². The SMILES string of the molecule is CC(C)(C)OC(=O)N1CCC(N)CC1.Cn1nc(C(=O)CC2CCN(CCN3CCCCC3)CC2)c2ccc(OC3CCCCC3)nc21.Cn1nc(C(=O)CC2CCNCC2)c2ccc(OC3CCCCC3)nc21.Cn1nc(C(=O)OC(C)(C)C)c2ccc(F)nc21.Cn1nc(C(=O)OC(C)(C)C)c2ccc(OC3CCCCC3)nc21.OC1CCCCC1.OCCBr. The Balaban J connectivity index is 0.000000164. The van der Waals surface area contributed by atoms with Gasteiger partial charge in [-0.3, -0.25) is 9.59 Å². The number of aromatic nitrogens is 12. The van der Waals surface area contributed by atoms with Gasteiger partial charge in [0.15, 0.2) is 45.5 Å². The van der Waals surface area contributed by atoms with Gasteiger partial charge in [-0.25, -0.2) is 33.1 Å². The van der Waals surface area contributed by atoms with Gasteiger partial charge in [0.05, 0.1) is 34.3 Å². The molecular formula is C95H145BrFN17O13. The molecule has 5 N–H and O–H groups in total. The fourth-order valence-electron chi connectivity index (χ4n) is 17.2. The quantitative estimate of drug-likeness (QED) is 0.0204. The summed E-state index contributed by atoms with van der Waals surface area (Å²) in [6.45, 7) is 27.3. The second-order valence-electron chi connectivity index (χ2n) is 38.2. The third-order valence-corrected chi connectivity index (χ3v) is 24.4. The zero-order valence-corrected chi connectivity index (χ0v) is 79.6. The molecule has 0 spiro atoms. The highest BCUT2D eigenvalue weighted by atomic mass is 79.9. The molecule has 127 heavy (non-hydrogen) atoms. The number of nitrogens with two attached hydrogens (primary N) is 1. The molecule has 1 amide bonds. The molecule has 8 aliphatic rings. The maximum Gasteiger partial charge on any atom is 0.410 e. The van der Waals surface area contributed by atoms with Crippen LogP contribution >= 0.6 is 15.9 Å². The van der Waals surface area contributed by atoms with Gasteiger partial charge in [0.2, 0.25) is 23.6 Å². The Labute approximate surface area is 758 Å². The first-order valence-corrected chi connectivity index (χ1v) is 48.1. The van der Waals surface area contributed by atoms with Gasteiger partial charge in [-0.15, -0.1) is 0 Å². The second kappa shape index (κ2) is 49.0. The van der Waals surface area contributed by atoms with Gasteiger partial charge in [-0.05, 0) is 285 Å². The number of ether oxygens (including phenoxy) is 6. The predicted octanol–water partition coefficient (Wildman–Crippen LogP) is 16.4. The number of ketones is 2. The number of likely N-dealkylation sites (tertiary alicyclic amines) is 3. The first kappa shape index (κ1) is 101. The van der Waals surface area contributed by atoms with Crippen LogP contribution < -0.4 is 25.3 Å². The zero-order chi connectivity index (χ0) is 91.4. The average Bonchev–Trinajstić information content (AvgIpc) is 1.66. The summed E-state index contributed by atoms with van der Waals surface area (Å²) in [5.41, 5.74) is 8.16. The Kier molecular flexibility index (Phi) is 38.9. The van der Waals surface area contributed by atoms with Crippen molar-refractivity contribution in [2.45, 2.75) is 309 Å². The van der Waals surface area contributed by atoms with Gasteiger partial charge in [0.25, 0.3) is 0 Å². The number of pyridine rings is 4. The second-order valence-corrected chi connectivity index (χ2v) is 39.0. The maximum absolute atomic E-state index is 13.2. The van der Waals surface area contributed by atoms with Gasteiger partial charge in [0.1, 0.15) is 46.5 Å². The molecule has 702 valence electrons. The van der Waals surface area contributed by atoms with Crippen LogP contribution in [0.15, 0.2) is 48.5 Å². The van der Waals surface area contributed by atoms with Crippen LogP contribution in [0, 0.1) is 17.8 Å². The number of aliphatic hydroxyl groups excluding tert-OH is 2. The molecule has 0 unspecified atom stereocenters. The Morgan fingerprint density at radius 1 is 0.433 bits per heavy atom. The number of aliphatic hydroxyl groups is 2. The molecule has 0 bridgehead atoms. The van der Waals surface area contributed by atoms with Crippen LogP contribution in [-0.4, -0.2) is 238 Å². The number of nitrogens with zero attached hydrogens (tertiary/aromatic N) is 15. The molecule has 30 nitrogen and oxygen atoms in total. The fourth-order valence-corrected chi connectivity index (χ4v) is 17.2. The molecule has 4 saturated carbocycles. The number of Topliss-reactive ketones (excluding diaryl/α,β-unsaturated/α-hetero) is 2. The number of fused-ring (bicyclic) bond motifs is 4. The normalized spacial score (nSPS) is 18.4. The van der Waals surface area contributed by atoms with E-state index in [2.05, 4.69) is 66.4 Å². The third-order valence-electron chi connectivity index (χ3n) is 24.0. The lowest BCUT2D eigenvalue weighted by molar-refractivity contribution is 0.00518. The van der Waals surface area contributed by atoms with Crippen LogP contribution in [0.3, 0.4) is 0 Å². The van der Waals surface area contributed by atoms with Crippen LogP contribution in [0.1, 0.15) is 303 Å². The highest BCUT2D eigenvalue weighted by molar-refractivity contribution is 9.09. The molecule has 4 aliphatic heterocycles. The molecule has 0 radical (unpaired) electrons. The number of hydrogen-bond donors (Lipinski definition) is 4. The number of carbonyl (C=O) groups excluding carboxylic acids is 5. The van der Waals surface area contributed by atoms with E-state index in [-0.39, 0.29) is 60.4 Å². The van der Waals surface area contributed by atoms with Crippen LogP contribution in [0.5, 0.6) is 17.6 Å². The number of alkyl halides is 1. The number of carbonyl (C=O) groups is 5. The Bertz CT molecular complexity index is 4770. The summed E-state index contributed by atoms with van der Waals surface area (Å²) in [5, 5.41) is 41.0. The van der Waals surface area contributed by atoms with E-state index in [1.165, 1.54) is 139 Å². The lowest BCUT2D eigenvalue weighted by atomic mass is 9.90. The van der Waals surface area contributed by atoms with Crippen LogP contribution in [-0.2, 0) is 42.4 Å². The summed E-state index contributed by atoms with van der Waals surface area (Å²) in [5.74, 6) is 1.50. The van der Waals surface area contributed by atoms with E-state index >= 15 is 0 Å². The minimum atomic E-state index is -0.610. The molecular weight excluding hydrogens is 1690 g/mol. The van der Waals surface area contributed by atoms with E-state index in [1.807, 2.05) is 92.0 Å². The first-order chi connectivity index (χ1) is 60.7. The number of rotatable bonds is 18. The zero-order valence-electron chi connectivity index (χ0n) is 78.0. The van der Waals surface area contributed by atoms with E-state index in [0.717, 1.165) is 151 Å². The van der Waals surface area contributed by atoms with E-state index in [4.69, 9.17) is 49.4 Å². The van der Waals surface area contributed by atoms with Gasteiger partial charge < -0.3 is 64.4 Å². The third kappa shape index (κ3) is 32.3. The molecule has 0 atom stereocenters. The van der Waals surface area contributed by atoms with Crippen molar-refractivity contribution in [3.63, 3.8) is 0 Å². The number of piperidine rings is 4. The van der Waals surface area contributed by atoms with Crippen LogP contribution in [0.25, 0.3) is 44.1 Å². The summed E-state index contributed by atoms with van der Waals surface area (Å²) in [6.07, 6.45) is 35.6. The van der Waals surface area contributed by atoms with Gasteiger partial charge >= 0.3 is 18.0 Å². The van der Waals surface area contributed by atoms with Crippen molar-refractivity contribution in [3.05, 3.63) is 77.3 Å². The number of nitrogens with one attached hydrogen (secondary N) is 1. The lowest BCUT2D eigenvalue weighted by Gasteiger charge is -2.34. The van der Waals surface area contributed by atoms with Crippen molar-refractivity contribution in [3.8, 4) is 17.6 Å². The van der Waals surface area contributed by atoms with Crippen LogP contribution in [0.2, 0.25) is 0 Å². The van der Waals surface area contributed by atoms with Crippen molar-refractivity contribution in [1.29, 1.82) is 0 Å². The molecule has 12 heterocycles. The average molecular weight is 1830 g/mol. The molecule has 8 aromatic rings. The molecule has 4 aliphatic carbocycles.